The van der Waals surface area contributed by atoms with Crippen LogP contribution in [0.2, 0.25) is 0 Å². The maximum atomic E-state index is 9.47. The van der Waals surface area contributed by atoms with Gasteiger partial charge < -0.3 is 5.11 Å². The summed E-state index contributed by atoms with van der Waals surface area (Å²) < 4.78 is 1.63. The van der Waals surface area contributed by atoms with E-state index in [1.807, 2.05) is 12.4 Å². The normalized spacial score (nSPS) is 17.1. The molecule has 0 amide bonds. The Morgan fingerprint density at radius 3 is 2.79 bits per heavy atom. The summed E-state index contributed by atoms with van der Waals surface area (Å²) in [6.07, 6.45) is 9.01. The van der Waals surface area contributed by atoms with Crippen molar-refractivity contribution in [2.75, 3.05) is 0 Å². The Bertz CT molecular complexity index is 473. The Hall–Kier alpha value is -1.58. The minimum atomic E-state index is 0.161. The number of fused-ring (bicyclic) bond motifs is 1. The fraction of sp³-hybridized carbons (Fsp3) is 0.400. The van der Waals surface area contributed by atoms with Crippen molar-refractivity contribution < 1.29 is 5.11 Å². The van der Waals surface area contributed by atoms with Gasteiger partial charge in [0.05, 0.1) is 6.20 Å². The van der Waals surface area contributed by atoms with E-state index in [0.717, 1.165) is 0 Å². The molecule has 2 heterocycles. The van der Waals surface area contributed by atoms with E-state index >= 15 is 0 Å². The molecule has 0 bridgehead atoms. The van der Waals surface area contributed by atoms with Gasteiger partial charge in [-0.25, -0.2) is 9.97 Å². The minimum absolute atomic E-state index is 0.161. The average Bonchev–Trinajstić information content (AvgIpc) is 2.45. The predicted octanol–water partition coefficient (Wildman–Crippen LogP) is 1.70. The summed E-state index contributed by atoms with van der Waals surface area (Å²) in [4.78, 5) is 8.16. The van der Waals surface area contributed by atoms with Crippen molar-refractivity contribution in [2.45, 2.75) is 25.2 Å². The van der Waals surface area contributed by atoms with Crippen molar-refractivity contribution in [2.24, 2.45) is 0 Å². The first kappa shape index (κ1) is 7.79. The molecule has 1 saturated carbocycles. The predicted molar refractivity (Wildman–Crippen MR) is 51.2 cm³/mol. The topological polar surface area (TPSA) is 50.4 Å². The van der Waals surface area contributed by atoms with Crippen LogP contribution in [0.4, 0.5) is 0 Å². The van der Waals surface area contributed by atoms with Crippen LogP contribution in [0.25, 0.3) is 5.78 Å². The lowest BCUT2D eigenvalue weighted by molar-refractivity contribution is 0.414. The number of hydrogen-bond acceptors (Lipinski definition) is 3. The summed E-state index contributed by atoms with van der Waals surface area (Å²) >= 11 is 0. The Kier molecular flexibility index (Phi) is 1.50. The van der Waals surface area contributed by atoms with Crippen LogP contribution in [0.5, 0.6) is 5.88 Å². The summed E-state index contributed by atoms with van der Waals surface area (Å²) in [6, 6.07) is 0. The van der Waals surface area contributed by atoms with Gasteiger partial charge in [0.25, 0.3) is 0 Å². The zero-order valence-electron chi connectivity index (χ0n) is 7.72. The molecule has 4 nitrogen and oxygen atoms in total. The SMILES string of the molecule is Oc1cnc2ncc(C3CCC3)cn12. The molecule has 72 valence electrons. The third-order valence-electron chi connectivity index (χ3n) is 2.94. The number of nitrogens with zero attached hydrogens (tertiary/aromatic N) is 3. The van der Waals surface area contributed by atoms with E-state index in [1.165, 1.54) is 31.0 Å². The van der Waals surface area contributed by atoms with Gasteiger partial charge in [-0.1, -0.05) is 6.42 Å². The summed E-state index contributed by atoms with van der Waals surface area (Å²) in [5.41, 5.74) is 1.21. The first-order valence-corrected chi connectivity index (χ1v) is 4.86. The molecule has 4 heteroatoms. The van der Waals surface area contributed by atoms with E-state index in [2.05, 4.69) is 9.97 Å². The molecule has 0 aliphatic heterocycles. The third kappa shape index (κ3) is 0.999. The van der Waals surface area contributed by atoms with Crippen LogP contribution in [-0.2, 0) is 0 Å². The maximum Gasteiger partial charge on any atom is 0.236 e. The fourth-order valence-corrected chi connectivity index (χ4v) is 1.83. The maximum absolute atomic E-state index is 9.47. The van der Waals surface area contributed by atoms with E-state index < -0.39 is 0 Å². The van der Waals surface area contributed by atoms with Crippen LogP contribution >= 0.6 is 0 Å². The highest BCUT2D eigenvalue weighted by atomic mass is 16.3. The molecule has 2 aromatic heterocycles. The molecule has 0 radical (unpaired) electrons. The first-order valence-electron chi connectivity index (χ1n) is 4.86. The lowest BCUT2D eigenvalue weighted by atomic mass is 9.81. The van der Waals surface area contributed by atoms with Crippen molar-refractivity contribution in [3.05, 3.63) is 24.2 Å². The smallest absolute Gasteiger partial charge is 0.236 e. The second kappa shape index (κ2) is 2.70. The minimum Gasteiger partial charge on any atom is -0.493 e. The van der Waals surface area contributed by atoms with Gasteiger partial charge in [0.15, 0.2) is 0 Å². The Balaban J connectivity index is 2.13. The van der Waals surface area contributed by atoms with Crippen LogP contribution < -0.4 is 0 Å². The molecule has 1 aliphatic carbocycles. The standard InChI is InChI=1S/C10H11N3O/c14-9-5-12-10-11-4-8(6-13(9)10)7-2-1-3-7/h4-7,14H,1-3H2. The second-order valence-electron chi connectivity index (χ2n) is 3.80. The van der Waals surface area contributed by atoms with Crippen molar-refractivity contribution in [3.8, 4) is 5.88 Å². The number of hydrogen-bond donors (Lipinski definition) is 1. The number of imidazole rings is 1. The van der Waals surface area contributed by atoms with E-state index in [4.69, 9.17) is 0 Å². The average molecular weight is 189 g/mol. The van der Waals surface area contributed by atoms with E-state index in [1.54, 1.807) is 4.40 Å². The number of rotatable bonds is 1. The largest absolute Gasteiger partial charge is 0.493 e. The monoisotopic (exact) mass is 189 g/mol. The van der Waals surface area contributed by atoms with Gasteiger partial charge in [-0.3, -0.25) is 4.40 Å². The van der Waals surface area contributed by atoms with Gasteiger partial charge in [-0.2, -0.15) is 0 Å². The van der Waals surface area contributed by atoms with Gasteiger partial charge in [-0.05, 0) is 24.3 Å². The Labute approximate surface area is 81.2 Å². The highest BCUT2D eigenvalue weighted by Crippen LogP contribution is 2.36. The molecule has 0 atom stereocenters. The highest BCUT2D eigenvalue weighted by molar-refractivity contribution is 5.35. The summed E-state index contributed by atoms with van der Waals surface area (Å²) in [5.74, 6) is 1.35. The zero-order valence-corrected chi connectivity index (χ0v) is 7.72. The molecule has 1 N–H and O–H groups in total. The van der Waals surface area contributed by atoms with Gasteiger partial charge in [0.1, 0.15) is 0 Å². The second-order valence-corrected chi connectivity index (χ2v) is 3.80. The van der Waals surface area contributed by atoms with Crippen LogP contribution in [0.3, 0.4) is 0 Å². The zero-order chi connectivity index (χ0) is 9.54. The molecule has 0 unspecified atom stereocenters. The van der Waals surface area contributed by atoms with E-state index in [9.17, 15) is 5.11 Å². The molecule has 2 aromatic rings. The highest BCUT2D eigenvalue weighted by Gasteiger charge is 2.20. The van der Waals surface area contributed by atoms with E-state index in [0.29, 0.717) is 11.7 Å². The first-order chi connectivity index (χ1) is 6.84. The van der Waals surface area contributed by atoms with Crippen molar-refractivity contribution >= 4 is 5.78 Å². The summed E-state index contributed by atoms with van der Waals surface area (Å²) in [6.45, 7) is 0. The molecule has 0 aromatic carbocycles. The van der Waals surface area contributed by atoms with Crippen LogP contribution in [-0.4, -0.2) is 19.5 Å². The fourth-order valence-electron chi connectivity index (χ4n) is 1.83. The Morgan fingerprint density at radius 2 is 2.07 bits per heavy atom. The summed E-state index contributed by atoms with van der Waals surface area (Å²) in [7, 11) is 0. The third-order valence-corrected chi connectivity index (χ3v) is 2.94. The lowest BCUT2D eigenvalue weighted by Crippen LogP contribution is -2.10. The van der Waals surface area contributed by atoms with Crippen molar-refractivity contribution in [1.82, 2.24) is 14.4 Å². The molecule has 1 fully saturated rings. The lowest BCUT2D eigenvalue weighted by Gasteiger charge is -2.25. The molecule has 3 rings (SSSR count). The van der Waals surface area contributed by atoms with Gasteiger partial charge >= 0.3 is 0 Å². The van der Waals surface area contributed by atoms with Gasteiger partial charge in [0.2, 0.25) is 11.7 Å². The molecule has 1 aliphatic rings. The van der Waals surface area contributed by atoms with Crippen molar-refractivity contribution in [3.63, 3.8) is 0 Å². The van der Waals surface area contributed by atoms with Crippen molar-refractivity contribution in [1.29, 1.82) is 0 Å². The number of aromatic nitrogens is 3. The van der Waals surface area contributed by atoms with Crippen LogP contribution in [0.1, 0.15) is 30.7 Å². The molecule has 0 saturated heterocycles. The van der Waals surface area contributed by atoms with E-state index in [-0.39, 0.29) is 5.88 Å². The van der Waals surface area contributed by atoms with Gasteiger partial charge in [0, 0.05) is 12.4 Å². The van der Waals surface area contributed by atoms with Crippen LogP contribution in [0.15, 0.2) is 18.6 Å². The molecular weight excluding hydrogens is 178 g/mol. The molecule has 0 spiro atoms. The van der Waals surface area contributed by atoms with Gasteiger partial charge in [-0.15, -0.1) is 0 Å². The Morgan fingerprint density at radius 1 is 1.29 bits per heavy atom. The summed E-state index contributed by atoms with van der Waals surface area (Å²) in [5, 5.41) is 9.47. The van der Waals surface area contributed by atoms with Crippen LogP contribution in [0, 0.1) is 0 Å². The number of aromatic hydroxyl groups is 1. The molecular formula is C10H11N3O. The quantitative estimate of drug-likeness (QED) is 0.742. The molecule has 14 heavy (non-hydrogen) atoms.